The molecule has 3 rings (SSSR count). The largest absolute Gasteiger partial charge is 0.497 e. The second-order valence-electron chi connectivity index (χ2n) is 7.44. The lowest BCUT2D eigenvalue weighted by molar-refractivity contribution is -0.147. The third-order valence-corrected chi connectivity index (χ3v) is 5.18. The van der Waals surface area contributed by atoms with Gasteiger partial charge in [-0.05, 0) is 23.0 Å². The molecule has 0 N–H and O–H groups in total. The van der Waals surface area contributed by atoms with Gasteiger partial charge in [0.1, 0.15) is 6.61 Å². The molecule has 0 aromatic heterocycles. The third-order valence-electron chi connectivity index (χ3n) is 5.18. The van der Waals surface area contributed by atoms with E-state index >= 15 is 0 Å². The summed E-state index contributed by atoms with van der Waals surface area (Å²) in [6.45, 7) is 8.87. The van der Waals surface area contributed by atoms with Crippen molar-refractivity contribution in [2.45, 2.75) is 20.3 Å². The fraction of sp³-hybridized carbons (Fsp3) is 0.409. The van der Waals surface area contributed by atoms with Gasteiger partial charge in [0.05, 0.1) is 18.3 Å². The van der Waals surface area contributed by atoms with Crippen LogP contribution in [0.2, 0.25) is 0 Å². The van der Waals surface area contributed by atoms with Crippen molar-refractivity contribution in [2.24, 2.45) is 23.2 Å². The summed E-state index contributed by atoms with van der Waals surface area (Å²) in [4.78, 5) is 12.4. The van der Waals surface area contributed by atoms with Crippen LogP contribution in [0.1, 0.15) is 19.4 Å². The number of hydrogen-bond acceptors (Lipinski definition) is 3. The molecule has 1 saturated carbocycles. The average molecular weight is 338 g/mol. The van der Waals surface area contributed by atoms with Crippen LogP contribution < -0.4 is 0 Å². The summed E-state index contributed by atoms with van der Waals surface area (Å²) >= 11 is 0. The zero-order chi connectivity index (χ0) is 17.9. The van der Waals surface area contributed by atoms with Gasteiger partial charge >= 0.3 is 5.97 Å². The van der Waals surface area contributed by atoms with E-state index in [-0.39, 0.29) is 29.1 Å². The standard InChI is InChI=1S/C22H26O3/c1-4-5-11-19-20(22(19,2)3)21(23)25-15-17-13-18(24-14-17)12-16-9-7-6-8-10-16/h4-11,13,17,19-20H,1,12,14-15H2,2-3H3/t17?,19-,20+/m1/s1. The Hall–Kier alpha value is -2.29. The molecule has 1 heterocycles. The molecule has 3 heteroatoms. The minimum Gasteiger partial charge on any atom is -0.497 e. The van der Waals surface area contributed by atoms with Crippen LogP contribution in [0.3, 0.4) is 0 Å². The van der Waals surface area contributed by atoms with Gasteiger partial charge in [-0.2, -0.15) is 0 Å². The lowest BCUT2D eigenvalue weighted by atomic mass is 10.1. The number of ether oxygens (including phenoxy) is 2. The molecule has 2 aliphatic rings. The molecule has 0 spiro atoms. The van der Waals surface area contributed by atoms with Crippen LogP contribution in [-0.2, 0) is 20.7 Å². The van der Waals surface area contributed by atoms with Crippen molar-refractivity contribution < 1.29 is 14.3 Å². The number of esters is 1. The van der Waals surface area contributed by atoms with Gasteiger partial charge in [-0.1, -0.05) is 69.0 Å². The molecule has 0 bridgehead atoms. The normalized spacial score (nSPS) is 26.8. The SMILES string of the molecule is C=CC=C[C@@H]1[C@@H](C(=O)OCC2C=C(Cc3ccccc3)OC2)C1(C)C. The lowest BCUT2D eigenvalue weighted by Crippen LogP contribution is -2.17. The highest BCUT2D eigenvalue weighted by atomic mass is 16.5. The third kappa shape index (κ3) is 4.04. The molecule has 1 aromatic carbocycles. The van der Waals surface area contributed by atoms with E-state index in [0.717, 1.165) is 12.2 Å². The minimum absolute atomic E-state index is 0.0307. The molecule has 25 heavy (non-hydrogen) atoms. The van der Waals surface area contributed by atoms with Crippen LogP contribution in [0.25, 0.3) is 0 Å². The molecule has 0 radical (unpaired) electrons. The lowest BCUT2D eigenvalue weighted by Gasteiger charge is -2.08. The van der Waals surface area contributed by atoms with E-state index < -0.39 is 0 Å². The number of hydrogen-bond donors (Lipinski definition) is 0. The predicted molar refractivity (Wildman–Crippen MR) is 98.7 cm³/mol. The summed E-state index contributed by atoms with van der Waals surface area (Å²) in [5.74, 6) is 1.19. The van der Waals surface area contributed by atoms with Gasteiger partial charge in [0.15, 0.2) is 0 Å². The van der Waals surface area contributed by atoms with Gasteiger partial charge in [0.25, 0.3) is 0 Å². The summed E-state index contributed by atoms with van der Waals surface area (Å²) in [5, 5.41) is 0. The highest BCUT2D eigenvalue weighted by Crippen LogP contribution is 2.59. The number of carbonyl (C=O) groups excluding carboxylic acids is 1. The number of allylic oxidation sites excluding steroid dienone is 4. The van der Waals surface area contributed by atoms with Crippen LogP contribution >= 0.6 is 0 Å². The first kappa shape index (κ1) is 17.5. The van der Waals surface area contributed by atoms with Crippen molar-refractivity contribution in [3.63, 3.8) is 0 Å². The van der Waals surface area contributed by atoms with Crippen LogP contribution in [0.15, 0.2) is 67.0 Å². The average Bonchev–Trinajstić information content (AvgIpc) is 2.92. The molecule has 0 amide bonds. The van der Waals surface area contributed by atoms with Crippen molar-refractivity contribution in [3.05, 3.63) is 72.5 Å². The first-order chi connectivity index (χ1) is 12.0. The maximum absolute atomic E-state index is 12.4. The smallest absolute Gasteiger partial charge is 0.310 e. The van der Waals surface area contributed by atoms with Gasteiger partial charge in [-0.3, -0.25) is 4.79 Å². The van der Waals surface area contributed by atoms with Crippen molar-refractivity contribution in [1.29, 1.82) is 0 Å². The molecule has 1 aromatic rings. The maximum atomic E-state index is 12.4. The van der Waals surface area contributed by atoms with E-state index in [0.29, 0.717) is 13.2 Å². The zero-order valence-corrected chi connectivity index (χ0v) is 15.0. The molecular weight excluding hydrogens is 312 g/mol. The molecular formula is C22H26O3. The molecule has 132 valence electrons. The molecule has 0 saturated heterocycles. The van der Waals surface area contributed by atoms with Crippen LogP contribution in [0, 0.1) is 23.2 Å². The summed E-state index contributed by atoms with van der Waals surface area (Å²) in [7, 11) is 0. The van der Waals surface area contributed by atoms with Gasteiger partial charge in [0, 0.05) is 12.3 Å². The predicted octanol–water partition coefficient (Wildman–Crippen LogP) is 4.32. The molecule has 1 aliphatic carbocycles. The Bertz CT molecular complexity index is 684. The monoisotopic (exact) mass is 338 g/mol. The highest BCUT2D eigenvalue weighted by molar-refractivity contribution is 5.78. The molecule has 1 unspecified atom stereocenters. The summed E-state index contributed by atoms with van der Waals surface area (Å²) < 4.78 is 11.3. The number of benzene rings is 1. The first-order valence-electron chi connectivity index (χ1n) is 8.85. The quantitative estimate of drug-likeness (QED) is 0.549. The Morgan fingerprint density at radius 2 is 2.12 bits per heavy atom. The fourth-order valence-corrected chi connectivity index (χ4v) is 3.54. The van der Waals surface area contributed by atoms with Crippen molar-refractivity contribution in [1.82, 2.24) is 0 Å². The van der Waals surface area contributed by atoms with Gasteiger partial charge in [-0.15, -0.1) is 0 Å². The van der Waals surface area contributed by atoms with E-state index in [9.17, 15) is 4.79 Å². The topological polar surface area (TPSA) is 35.5 Å². The second kappa shape index (κ2) is 7.30. The zero-order valence-electron chi connectivity index (χ0n) is 15.0. The number of carbonyl (C=O) groups is 1. The Labute approximate surface area is 150 Å². The van der Waals surface area contributed by atoms with Crippen molar-refractivity contribution >= 4 is 5.97 Å². The van der Waals surface area contributed by atoms with Crippen LogP contribution in [0.4, 0.5) is 0 Å². The van der Waals surface area contributed by atoms with Crippen LogP contribution in [0.5, 0.6) is 0 Å². The fourth-order valence-electron chi connectivity index (χ4n) is 3.54. The number of rotatable bonds is 7. The molecule has 1 aliphatic heterocycles. The molecule has 1 fully saturated rings. The van der Waals surface area contributed by atoms with Crippen molar-refractivity contribution in [2.75, 3.05) is 13.2 Å². The summed E-state index contributed by atoms with van der Waals surface area (Å²) in [5.41, 5.74) is 1.19. The van der Waals surface area contributed by atoms with Crippen molar-refractivity contribution in [3.8, 4) is 0 Å². The van der Waals surface area contributed by atoms with E-state index in [1.165, 1.54) is 5.56 Å². The first-order valence-corrected chi connectivity index (χ1v) is 8.85. The Morgan fingerprint density at radius 1 is 1.36 bits per heavy atom. The van der Waals surface area contributed by atoms with Gasteiger partial charge in [0.2, 0.25) is 0 Å². The van der Waals surface area contributed by atoms with E-state index in [2.05, 4.69) is 44.7 Å². The van der Waals surface area contributed by atoms with Gasteiger partial charge in [-0.25, -0.2) is 0 Å². The molecule has 3 atom stereocenters. The van der Waals surface area contributed by atoms with E-state index in [1.807, 2.05) is 24.3 Å². The Kier molecular flexibility index (Phi) is 5.12. The second-order valence-corrected chi connectivity index (χ2v) is 7.44. The van der Waals surface area contributed by atoms with E-state index in [1.54, 1.807) is 6.08 Å². The van der Waals surface area contributed by atoms with Gasteiger partial charge < -0.3 is 9.47 Å². The summed E-state index contributed by atoms with van der Waals surface area (Å²) in [6.07, 6.45) is 8.58. The summed E-state index contributed by atoms with van der Waals surface area (Å²) in [6, 6.07) is 10.2. The Morgan fingerprint density at radius 3 is 2.84 bits per heavy atom. The maximum Gasteiger partial charge on any atom is 0.310 e. The van der Waals surface area contributed by atoms with E-state index in [4.69, 9.17) is 9.47 Å². The highest BCUT2D eigenvalue weighted by Gasteiger charge is 2.61. The molecule has 3 nitrogen and oxygen atoms in total. The minimum atomic E-state index is -0.103. The Balaban J connectivity index is 1.48. The van der Waals surface area contributed by atoms with Crippen LogP contribution in [-0.4, -0.2) is 19.2 Å².